The van der Waals surface area contributed by atoms with Crippen molar-refractivity contribution in [1.29, 1.82) is 0 Å². The van der Waals surface area contributed by atoms with Gasteiger partial charge in [0.05, 0.1) is 0 Å². The summed E-state index contributed by atoms with van der Waals surface area (Å²) in [5.74, 6) is -0.914. The number of aliphatic carboxylic acids is 1. The molecule has 0 aliphatic rings. The number of allylic oxidation sites excluding steroid dienone is 2. The first kappa shape index (κ1) is 23.2. The van der Waals surface area contributed by atoms with E-state index in [4.69, 9.17) is 0 Å². The van der Waals surface area contributed by atoms with Crippen molar-refractivity contribution in [2.75, 3.05) is 0 Å². The first-order chi connectivity index (χ1) is 9.77. The van der Waals surface area contributed by atoms with Crippen molar-refractivity contribution in [3.05, 3.63) is 12.2 Å². The predicted octanol–water partition coefficient (Wildman–Crippen LogP) is 4.39. The summed E-state index contributed by atoms with van der Waals surface area (Å²) < 4.78 is 0. The van der Waals surface area contributed by atoms with Gasteiger partial charge in [0.25, 0.3) is 0 Å². The Kier molecular flexibility index (Phi) is 22.1. The molecule has 119 valence electrons. The van der Waals surface area contributed by atoms with Crippen LogP contribution in [0.25, 0.3) is 0 Å². The second-order valence-corrected chi connectivity index (χ2v) is 5.71. The van der Waals surface area contributed by atoms with Gasteiger partial charge in [-0.25, -0.2) is 0 Å². The van der Waals surface area contributed by atoms with Crippen molar-refractivity contribution >= 4 is 29.0 Å². The molecule has 0 aliphatic carbocycles. The molecule has 0 aromatic carbocycles. The molecule has 0 bridgehead atoms. The maximum atomic E-state index is 10.2. The van der Waals surface area contributed by atoms with E-state index in [-0.39, 0.29) is 29.5 Å². The summed E-state index contributed by atoms with van der Waals surface area (Å²) >= 11 is 0. The van der Waals surface area contributed by atoms with Crippen molar-refractivity contribution < 1.29 is 9.90 Å². The van der Waals surface area contributed by atoms with Gasteiger partial charge in [0, 0.05) is 5.97 Å². The summed E-state index contributed by atoms with van der Waals surface area (Å²) in [6.07, 6.45) is 20.9. The maximum absolute atomic E-state index is 10.2. The Hall–Kier alpha value is -0.0238. The van der Waals surface area contributed by atoms with Crippen LogP contribution >= 0.6 is 0 Å². The molecule has 0 N–H and O–H groups in total. The van der Waals surface area contributed by atoms with E-state index in [1.165, 1.54) is 64.2 Å². The summed E-state index contributed by atoms with van der Waals surface area (Å²) in [5, 5.41) is 10.2. The molecule has 0 rings (SSSR count). The second-order valence-electron chi connectivity index (χ2n) is 5.71. The minimum atomic E-state index is -0.914. The second kappa shape index (κ2) is 20.0. The normalized spacial score (nSPS) is 10.7. The number of carboxylic acids is 1. The summed E-state index contributed by atoms with van der Waals surface area (Å²) in [6, 6.07) is 0. The van der Waals surface area contributed by atoms with Gasteiger partial charge in [0.15, 0.2) is 0 Å². The molecule has 0 aliphatic heterocycles. The third-order valence-electron chi connectivity index (χ3n) is 3.64. The van der Waals surface area contributed by atoms with Crippen LogP contribution in [0.2, 0.25) is 0 Å². The Morgan fingerprint density at radius 2 is 1.19 bits per heavy atom. The smallest absolute Gasteiger partial charge is 0.550 e. The zero-order chi connectivity index (χ0) is 14.9. The Morgan fingerprint density at radius 3 is 1.67 bits per heavy atom. The van der Waals surface area contributed by atoms with Crippen molar-refractivity contribution in [3.8, 4) is 0 Å². The Labute approximate surface area is 147 Å². The summed E-state index contributed by atoms with van der Waals surface area (Å²) in [4.78, 5) is 10.2. The Bertz CT molecular complexity index is 239. The summed E-state index contributed by atoms with van der Waals surface area (Å²) in [7, 11) is 0. The van der Waals surface area contributed by atoms with E-state index >= 15 is 0 Å². The molecular weight excluding hydrogens is 273 g/mol. The third kappa shape index (κ3) is 22.4. The molecule has 3 heteroatoms. The van der Waals surface area contributed by atoms with Gasteiger partial charge < -0.3 is 9.90 Å². The minimum Gasteiger partial charge on any atom is -0.550 e. The Morgan fingerprint density at radius 1 is 0.762 bits per heavy atom. The van der Waals surface area contributed by atoms with E-state index in [1.54, 1.807) is 0 Å². The van der Waals surface area contributed by atoms with E-state index in [9.17, 15) is 9.90 Å². The molecule has 0 aromatic rings. The van der Waals surface area contributed by atoms with Gasteiger partial charge in [-0.2, -0.15) is 0 Å². The van der Waals surface area contributed by atoms with Crippen LogP contribution in [-0.2, 0) is 4.79 Å². The molecule has 0 amide bonds. The number of carbonyl (C=O) groups excluding carboxylic acids is 1. The molecule has 0 saturated carbocycles. The third-order valence-corrected chi connectivity index (χ3v) is 3.64. The number of unbranched alkanes of at least 4 members (excludes halogenated alkanes) is 11. The summed E-state index contributed by atoms with van der Waals surface area (Å²) in [6.45, 7) is 2.26. The van der Waals surface area contributed by atoms with Gasteiger partial charge in [0.1, 0.15) is 0 Å². The standard InChI is InChI=1S/C18H34O2.Mg/c1-2-3-4-5-6-7-8-9-10-11-12-13-14-15-16-17-18(19)20;/h9-10H,2-8,11-17H2,1H3,(H,19,20);/q;+1/p-1. The van der Waals surface area contributed by atoms with Gasteiger partial charge in [-0.3, -0.25) is 0 Å². The minimum absolute atomic E-state index is 0. The molecule has 0 fully saturated rings. The van der Waals surface area contributed by atoms with Crippen LogP contribution in [0, 0.1) is 0 Å². The molecule has 1 radical (unpaired) electrons. The zero-order valence-corrected chi connectivity index (χ0v) is 15.5. The molecule has 0 aromatic heterocycles. The topological polar surface area (TPSA) is 40.1 Å². The summed E-state index contributed by atoms with van der Waals surface area (Å²) in [5.41, 5.74) is 0. The number of rotatable bonds is 15. The van der Waals surface area contributed by atoms with Crippen molar-refractivity contribution in [1.82, 2.24) is 0 Å². The fourth-order valence-electron chi connectivity index (χ4n) is 2.34. The largest absolute Gasteiger partial charge is 1.00 e. The fourth-order valence-corrected chi connectivity index (χ4v) is 2.34. The maximum Gasteiger partial charge on any atom is 1.00 e. The van der Waals surface area contributed by atoms with Crippen LogP contribution in [0.15, 0.2) is 12.2 Å². The van der Waals surface area contributed by atoms with Gasteiger partial charge in [-0.15, -0.1) is 0 Å². The Balaban J connectivity index is 0. The van der Waals surface area contributed by atoms with E-state index in [1.807, 2.05) is 0 Å². The first-order valence-electron chi connectivity index (χ1n) is 8.62. The SMILES string of the molecule is CCCCCCCCC=CCCCCCCCC(=O)[O-].[Mg+]. The van der Waals surface area contributed by atoms with Gasteiger partial charge >= 0.3 is 23.1 Å². The predicted molar refractivity (Wildman–Crippen MR) is 90.2 cm³/mol. The van der Waals surface area contributed by atoms with E-state index in [2.05, 4.69) is 19.1 Å². The molecule has 0 unspecified atom stereocenters. The fraction of sp³-hybridized carbons (Fsp3) is 0.833. The van der Waals surface area contributed by atoms with Crippen molar-refractivity contribution in [3.63, 3.8) is 0 Å². The first-order valence-corrected chi connectivity index (χ1v) is 8.62. The molecule has 0 heterocycles. The van der Waals surface area contributed by atoms with E-state index in [0.29, 0.717) is 0 Å². The van der Waals surface area contributed by atoms with Crippen molar-refractivity contribution in [2.45, 2.75) is 96.8 Å². The van der Waals surface area contributed by atoms with Crippen LogP contribution in [0.3, 0.4) is 0 Å². The van der Waals surface area contributed by atoms with E-state index < -0.39 is 5.97 Å². The molecule has 0 atom stereocenters. The molecule has 0 spiro atoms. The van der Waals surface area contributed by atoms with E-state index in [0.717, 1.165) is 19.3 Å². The van der Waals surface area contributed by atoms with Crippen LogP contribution in [0.5, 0.6) is 0 Å². The molecule has 21 heavy (non-hydrogen) atoms. The zero-order valence-electron chi connectivity index (χ0n) is 14.1. The molecule has 2 nitrogen and oxygen atoms in total. The van der Waals surface area contributed by atoms with Crippen LogP contribution < -0.4 is 5.11 Å². The number of hydrogen-bond acceptors (Lipinski definition) is 2. The number of hydrogen-bond donors (Lipinski definition) is 0. The van der Waals surface area contributed by atoms with Crippen LogP contribution in [-0.4, -0.2) is 29.0 Å². The quantitative estimate of drug-likeness (QED) is 0.256. The number of carbonyl (C=O) groups is 1. The van der Waals surface area contributed by atoms with Gasteiger partial charge in [-0.05, 0) is 38.5 Å². The molecule has 0 saturated heterocycles. The van der Waals surface area contributed by atoms with Crippen LogP contribution in [0.1, 0.15) is 96.8 Å². The van der Waals surface area contributed by atoms with Crippen molar-refractivity contribution in [2.24, 2.45) is 0 Å². The average Bonchev–Trinajstić information content (AvgIpc) is 2.43. The van der Waals surface area contributed by atoms with Gasteiger partial charge in [-0.1, -0.05) is 70.4 Å². The van der Waals surface area contributed by atoms with Crippen LogP contribution in [0.4, 0.5) is 0 Å². The average molecular weight is 306 g/mol. The molecular formula is C18H33MgO2. The van der Waals surface area contributed by atoms with Gasteiger partial charge in [0.2, 0.25) is 0 Å². The monoisotopic (exact) mass is 305 g/mol. The number of carboxylic acid groups (broad SMARTS) is 1.